The molecule has 20 heavy (non-hydrogen) atoms. The number of rotatable bonds is 4. The monoisotopic (exact) mass is 294 g/mol. The number of nitro groups is 1. The molecule has 0 aliphatic heterocycles. The zero-order valence-electron chi connectivity index (χ0n) is 10.6. The molecule has 1 N–H and O–H groups in total. The van der Waals surface area contributed by atoms with Crippen molar-refractivity contribution in [3.63, 3.8) is 0 Å². The van der Waals surface area contributed by atoms with Crippen molar-refractivity contribution in [2.24, 2.45) is 0 Å². The molecule has 0 saturated heterocycles. The minimum Gasteiger partial charge on any atom is -0.465 e. The van der Waals surface area contributed by atoms with E-state index in [1.54, 1.807) is 19.1 Å². The van der Waals surface area contributed by atoms with Gasteiger partial charge in [0.1, 0.15) is 22.1 Å². The number of furan rings is 1. The Morgan fingerprint density at radius 3 is 2.75 bits per heavy atom. The van der Waals surface area contributed by atoms with Gasteiger partial charge in [0.05, 0.1) is 11.5 Å². The molecule has 1 heterocycles. The van der Waals surface area contributed by atoms with Crippen molar-refractivity contribution in [1.29, 1.82) is 0 Å². The highest BCUT2D eigenvalue weighted by atomic mass is 35.5. The van der Waals surface area contributed by atoms with Crippen LogP contribution in [-0.4, -0.2) is 10.8 Å². The Morgan fingerprint density at radius 2 is 2.15 bits per heavy atom. The molecule has 0 fully saturated rings. The van der Waals surface area contributed by atoms with E-state index in [9.17, 15) is 14.9 Å². The number of halogens is 1. The lowest BCUT2D eigenvalue weighted by Crippen LogP contribution is -2.23. The Morgan fingerprint density at radius 1 is 1.40 bits per heavy atom. The van der Waals surface area contributed by atoms with Crippen molar-refractivity contribution >= 4 is 23.2 Å². The molecule has 1 amide bonds. The molecule has 104 valence electrons. The van der Waals surface area contributed by atoms with Crippen molar-refractivity contribution in [3.05, 3.63) is 62.6 Å². The van der Waals surface area contributed by atoms with E-state index in [1.165, 1.54) is 18.2 Å². The highest BCUT2D eigenvalue weighted by Crippen LogP contribution is 2.28. The SMILES string of the molecule is Cc1ccc(CNC(=O)c2cccc(Cl)c2[N+](=O)[O-])o1. The van der Waals surface area contributed by atoms with Crippen molar-refractivity contribution in [2.75, 3.05) is 0 Å². The van der Waals surface area contributed by atoms with Crippen molar-refractivity contribution in [2.45, 2.75) is 13.5 Å². The van der Waals surface area contributed by atoms with Gasteiger partial charge in [0.15, 0.2) is 0 Å². The fourth-order valence-electron chi connectivity index (χ4n) is 1.73. The average molecular weight is 295 g/mol. The zero-order valence-corrected chi connectivity index (χ0v) is 11.3. The van der Waals surface area contributed by atoms with Crippen LogP contribution in [0, 0.1) is 17.0 Å². The lowest BCUT2D eigenvalue weighted by molar-refractivity contribution is -0.385. The summed E-state index contributed by atoms with van der Waals surface area (Å²) in [6.07, 6.45) is 0. The van der Waals surface area contributed by atoms with Crippen LogP contribution in [0.5, 0.6) is 0 Å². The van der Waals surface area contributed by atoms with Gasteiger partial charge in [-0.1, -0.05) is 17.7 Å². The van der Waals surface area contributed by atoms with Gasteiger partial charge in [-0.3, -0.25) is 14.9 Å². The number of carbonyl (C=O) groups excluding carboxylic acids is 1. The largest absolute Gasteiger partial charge is 0.465 e. The molecule has 7 heteroatoms. The molecule has 1 aromatic heterocycles. The van der Waals surface area contributed by atoms with Gasteiger partial charge in [-0.25, -0.2) is 0 Å². The maximum absolute atomic E-state index is 12.0. The molecular weight excluding hydrogens is 284 g/mol. The van der Waals surface area contributed by atoms with Crippen LogP contribution in [0.4, 0.5) is 5.69 Å². The van der Waals surface area contributed by atoms with Gasteiger partial charge in [0, 0.05) is 0 Å². The van der Waals surface area contributed by atoms with Crippen LogP contribution in [0.3, 0.4) is 0 Å². The number of amides is 1. The molecule has 0 spiro atoms. The van der Waals surface area contributed by atoms with E-state index in [2.05, 4.69) is 5.32 Å². The molecule has 0 radical (unpaired) electrons. The second kappa shape index (κ2) is 5.75. The third kappa shape index (κ3) is 2.97. The van der Waals surface area contributed by atoms with Crippen LogP contribution in [0.25, 0.3) is 0 Å². The van der Waals surface area contributed by atoms with Crippen LogP contribution in [-0.2, 0) is 6.54 Å². The van der Waals surface area contributed by atoms with Crippen LogP contribution in [0.2, 0.25) is 5.02 Å². The van der Waals surface area contributed by atoms with Gasteiger partial charge < -0.3 is 9.73 Å². The number of benzene rings is 1. The van der Waals surface area contributed by atoms with Gasteiger partial charge in [-0.05, 0) is 31.2 Å². The molecule has 0 bridgehead atoms. The van der Waals surface area contributed by atoms with E-state index in [0.29, 0.717) is 5.76 Å². The highest BCUT2D eigenvalue weighted by Gasteiger charge is 2.23. The van der Waals surface area contributed by atoms with E-state index in [-0.39, 0.29) is 17.1 Å². The summed E-state index contributed by atoms with van der Waals surface area (Å²) in [7, 11) is 0. The Bertz CT molecular complexity index is 666. The number of aryl methyl sites for hydroxylation is 1. The minimum absolute atomic E-state index is 0.0727. The lowest BCUT2D eigenvalue weighted by Gasteiger charge is -2.05. The summed E-state index contributed by atoms with van der Waals surface area (Å²) in [6.45, 7) is 1.93. The molecule has 0 aliphatic carbocycles. The van der Waals surface area contributed by atoms with E-state index in [1.807, 2.05) is 0 Å². The standard InChI is InChI=1S/C13H11ClN2O4/c1-8-5-6-9(20-8)7-15-13(17)10-3-2-4-11(14)12(10)16(18)19/h2-6H,7H2,1H3,(H,15,17). The Labute approximate surface area is 119 Å². The molecule has 2 aromatic rings. The van der Waals surface area contributed by atoms with Gasteiger partial charge in [0.2, 0.25) is 0 Å². The summed E-state index contributed by atoms with van der Waals surface area (Å²) in [4.78, 5) is 22.3. The Hall–Kier alpha value is -2.34. The number of hydrogen-bond acceptors (Lipinski definition) is 4. The molecular formula is C13H11ClN2O4. The Balaban J connectivity index is 2.17. The minimum atomic E-state index is -0.672. The molecule has 0 aliphatic rings. The Kier molecular flexibility index (Phi) is 4.05. The predicted molar refractivity (Wildman–Crippen MR) is 72.7 cm³/mol. The van der Waals surface area contributed by atoms with E-state index < -0.39 is 16.5 Å². The summed E-state index contributed by atoms with van der Waals surface area (Å²) in [5.41, 5.74) is -0.479. The average Bonchev–Trinajstić information content (AvgIpc) is 2.81. The van der Waals surface area contributed by atoms with Crippen LogP contribution < -0.4 is 5.32 Å². The number of nitrogens with zero attached hydrogens (tertiary/aromatic N) is 1. The van der Waals surface area contributed by atoms with Crippen LogP contribution in [0.1, 0.15) is 21.9 Å². The first-order chi connectivity index (χ1) is 9.49. The first-order valence-electron chi connectivity index (χ1n) is 5.75. The normalized spacial score (nSPS) is 10.3. The smallest absolute Gasteiger partial charge is 0.300 e. The molecule has 1 aromatic carbocycles. The second-order valence-corrected chi connectivity index (χ2v) is 4.50. The number of nitro benzene ring substituents is 1. The highest BCUT2D eigenvalue weighted by molar-refractivity contribution is 6.33. The lowest BCUT2D eigenvalue weighted by atomic mass is 10.1. The summed E-state index contributed by atoms with van der Waals surface area (Å²) < 4.78 is 5.30. The van der Waals surface area contributed by atoms with Gasteiger partial charge in [-0.15, -0.1) is 0 Å². The fraction of sp³-hybridized carbons (Fsp3) is 0.154. The quantitative estimate of drug-likeness (QED) is 0.693. The van der Waals surface area contributed by atoms with Gasteiger partial charge >= 0.3 is 5.69 Å². The van der Waals surface area contributed by atoms with Crippen molar-refractivity contribution < 1.29 is 14.1 Å². The van der Waals surface area contributed by atoms with Gasteiger partial charge in [-0.2, -0.15) is 0 Å². The van der Waals surface area contributed by atoms with Crippen LogP contribution in [0.15, 0.2) is 34.7 Å². The summed E-state index contributed by atoms with van der Waals surface area (Å²) in [5.74, 6) is 0.719. The zero-order chi connectivity index (χ0) is 14.7. The molecule has 0 atom stereocenters. The third-order valence-corrected chi connectivity index (χ3v) is 2.94. The molecule has 0 unspecified atom stereocenters. The second-order valence-electron chi connectivity index (χ2n) is 4.09. The van der Waals surface area contributed by atoms with E-state index in [0.717, 1.165) is 5.76 Å². The van der Waals surface area contributed by atoms with Crippen molar-refractivity contribution in [1.82, 2.24) is 5.32 Å². The van der Waals surface area contributed by atoms with Gasteiger partial charge in [0.25, 0.3) is 5.91 Å². The fourth-order valence-corrected chi connectivity index (χ4v) is 1.97. The number of para-hydroxylation sites is 1. The van der Waals surface area contributed by atoms with Crippen LogP contribution >= 0.6 is 11.6 Å². The summed E-state index contributed by atoms with van der Waals surface area (Å²) in [6, 6.07) is 7.70. The van der Waals surface area contributed by atoms with E-state index in [4.69, 9.17) is 16.0 Å². The summed E-state index contributed by atoms with van der Waals surface area (Å²) in [5, 5.41) is 13.4. The van der Waals surface area contributed by atoms with Crippen molar-refractivity contribution in [3.8, 4) is 0 Å². The molecule has 0 saturated carbocycles. The van der Waals surface area contributed by atoms with E-state index >= 15 is 0 Å². The molecule has 6 nitrogen and oxygen atoms in total. The first-order valence-corrected chi connectivity index (χ1v) is 6.13. The predicted octanol–water partition coefficient (Wildman–Crippen LogP) is 3.08. The maximum atomic E-state index is 12.0. The maximum Gasteiger partial charge on any atom is 0.300 e. The first kappa shape index (κ1) is 14.1. The number of carbonyl (C=O) groups is 1. The number of hydrogen-bond donors (Lipinski definition) is 1. The number of nitrogens with one attached hydrogen (secondary N) is 1. The topological polar surface area (TPSA) is 85.4 Å². The summed E-state index contributed by atoms with van der Waals surface area (Å²) >= 11 is 5.75. The third-order valence-electron chi connectivity index (χ3n) is 2.63. The molecule has 2 rings (SSSR count).